The van der Waals surface area contributed by atoms with E-state index >= 15 is 0 Å². The molecule has 1 atom stereocenters. The molecule has 0 saturated carbocycles. The van der Waals surface area contributed by atoms with Crippen LogP contribution in [0.15, 0.2) is 84.9 Å². The van der Waals surface area contributed by atoms with Gasteiger partial charge in [0.05, 0.1) is 25.5 Å². The first kappa shape index (κ1) is 20.6. The van der Waals surface area contributed by atoms with Crippen molar-refractivity contribution in [1.29, 1.82) is 0 Å². The lowest BCUT2D eigenvalue weighted by atomic mass is 9.82. The van der Waals surface area contributed by atoms with Crippen molar-refractivity contribution in [3.63, 3.8) is 0 Å². The van der Waals surface area contributed by atoms with Gasteiger partial charge >= 0.3 is 5.97 Å². The summed E-state index contributed by atoms with van der Waals surface area (Å²) in [6, 6.07) is 25.4. The molecule has 0 bridgehead atoms. The Morgan fingerprint density at radius 3 is 2.15 bits per heavy atom. The van der Waals surface area contributed by atoms with E-state index in [2.05, 4.69) is 0 Å². The summed E-state index contributed by atoms with van der Waals surface area (Å²) in [6.07, 6.45) is 3.87. The minimum Gasteiger partial charge on any atom is -0.497 e. The highest BCUT2D eigenvalue weighted by atomic mass is 16.5. The second kappa shape index (κ2) is 8.02. The van der Waals surface area contributed by atoms with E-state index in [0.717, 1.165) is 27.6 Å². The molecule has 2 N–H and O–H groups in total. The predicted octanol–water partition coefficient (Wildman–Crippen LogP) is 5.57. The number of methoxy groups -OCH3 is 2. The van der Waals surface area contributed by atoms with E-state index in [0.29, 0.717) is 22.6 Å². The van der Waals surface area contributed by atoms with Crippen molar-refractivity contribution in [1.82, 2.24) is 0 Å². The van der Waals surface area contributed by atoms with Crippen molar-refractivity contribution < 1.29 is 19.0 Å². The van der Waals surface area contributed by atoms with E-state index in [1.807, 2.05) is 91.0 Å². The number of nitrogens with two attached hydrogens (primary N) is 1. The topological polar surface area (TPSA) is 70.8 Å². The molecule has 1 aliphatic rings. The molecule has 4 aromatic carbocycles. The molecule has 0 fully saturated rings. The van der Waals surface area contributed by atoms with Gasteiger partial charge in [-0.15, -0.1) is 0 Å². The Bertz CT molecular complexity index is 1380. The van der Waals surface area contributed by atoms with E-state index < -0.39 is 11.6 Å². The number of hydrogen-bond acceptors (Lipinski definition) is 5. The monoisotopic (exact) mass is 437 g/mol. The lowest BCUT2D eigenvalue weighted by Gasteiger charge is -2.37. The van der Waals surface area contributed by atoms with Gasteiger partial charge in [0.25, 0.3) is 0 Å². The SMILES string of the molecule is COC(=O)c1c2c(c3ccccc3c1N)OC(c1ccccc1)(c1ccc(OC)cc1)C=C2. The van der Waals surface area contributed by atoms with Crippen molar-refractivity contribution in [3.8, 4) is 11.5 Å². The molecule has 5 rings (SSSR count). The second-order valence-electron chi connectivity index (χ2n) is 7.83. The molecule has 5 heteroatoms. The Balaban J connectivity index is 1.81. The standard InChI is InChI=1S/C28H23NO4/c1-31-20-14-12-19(13-15-20)28(18-8-4-3-5-9-18)17-16-23-24(27(30)32-2)25(29)21-10-6-7-11-22(21)26(23)33-28/h3-17H,29H2,1-2H3. The molecule has 0 saturated heterocycles. The summed E-state index contributed by atoms with van der Waals surface area (Å²) < 4.78 is 17.3. The molecule has 1 unspecified atom stereocenters. The molecule has 0 radical (unpaired) electrons. The van der Waals surface area contributed by atoms with Crippen molar-refractivity contribution in [2.75, 3.05) is 20.0 Å². The Morgan fingerprint density at radius 2 is 1.48 bits per heavy atom. The predicted molar refractivity (Wildman–Crippen MR) is 130 cm³/mol. The highest BCUT2D eigenvalue weighted by Gasteiger charge is 2.39. The minimum atomic E-state index is -0.910. The summed E-state index contributed by atoms with van der Waals surface area (Å²) in [5.41, 5.74) is 8.70. The van der Waals surface area contributed by atoms with Gasteiger partial charge in [-0.3, -0.25) is 0 Å². The van der Waals surface area contributed by atoms with Crippen LogP contribution in [-0.2, 0) is 10.3 Å². The van der Waals surface area contributed by atoms with E-state index in [4.69, 9.17) is 19.9 Å². The van der Waals surface area contributed by atoms with Crippen LogP contribution < -0.4 is 15.2 Å². The number of ether oxygens (including phenoxy) is 3. The van der Waals surface area contributed by atoms with E-state index in [9.17, 15) is 4.79 Å². The lowest BCUT2D eigenvalue weighted by Crippen LogP contribution is -2.34. The Labute approximate surface area is 192 Å². The van der Waals surface area contributed by atoms with Gasteiger partial charge in [0.15, 0.2) is 5.60 Å². The molecule has 0 aliphatic carbocycles. The largest absolute Gasteiger partial charge is 0.497 e. The number of benzene rings is 4. The average molecular weight is 437 g/mol. The normalized spacial score (nSPS) is 16.7. The van der Waals surface area contributed by atoms with Crippen LogP contribution in [0.4, 0.5) is 5.69 Å². The van der Waals surface area contributed by atoms with Gasteiger partial charge in [0.2, 0.25) is 0 Å². The van der Waals surface area contributed by atoms with Gasteiger partial charge in [0, 0.05) is 27.5 Å². The molecular formula is C28H23NO4. The third-order valence-corrected chi connectivity index (χ3v) is 6.10. The van der Waals surface area contributed by atoms with Crippen molar-refractivity contribution in [3.05, 3.63) is 107 Å². The Hall–Kier alpha value is -4.25. The van der Waals surface area contributed by atoms with E-state index in [-0.39, 0.29) is 0 Å². The first-order valence-electron chi connectivity index (χ1n) is 10.6. The van der Waals surface area contributed by atoms with Crippen LogP contribution >= 0.6 is 0 Å². The molecule has 1 heterocycles. The summed E-state index contributed by atoms with van der Waals surface area (Å²) in [5, 5.41) is 1.57. The Kier molecular flexibility index (Phi) is 5.02. The fourth-order valence-electron chi connectivity index (χ4n) is 4.44. The van der Waals surface area contributed by atoms with Crippen molar-refractivity contribution in [2.45, 2.75) is 5.60 Å². The summed E-state index contributed by atoms with van der Waals surface area (Å²) in [6.45, 7) is 0. The van der Waals surface area contributed by atoms with Crippen molar-refractivity contribution >= 4 is 28.5 Å². The van der Waals surface area contributed by atoms with Gasteiger partial charge in [-0.2, -0.15) is 0 Å². The van der Waals surface area contributed by atoms with Gasteiger partial charge < -0.3 is 19.9 Å². The number of anilines is 1. The molecule has 164 valence electrons. The van der Waals surface area contributed by atoms with Crippen LogP contribution in [0.2, 0.25) is 0 Å². The molecule has 0 amide bonds. The lowest BCUT2D eigenvalue weighted by molar-refractivity contribution is 0.0600. The summed E-state index contributed by atoms with van der Waals surface area (Å²) in [5.74, 6) is 0.843. The first-order chi connectivity index (χ1) is 16.1. The highest BCUT2D eigenvalue weighted by molar-refractivity contribution is 6.12. The second-order valence-corrected chi connectivity index (χ2v) is 7.83. The zero-order chi connectivity index (χ0) is 23.0. The fourth-order valence-corrected chi connectivity index (χ4v) is 4.44. The van der Waals surface area contributed by atoms with E-state index in [1.165, 1.54) is 7.11 Å². The van der Waals surface area contributed by atoms with Gasteiger partial charge in [-0.05, 0) is 24.3 Å². The molecule has 0 aromatic heterocycles. The molecule has 33 heavy (non-hydrogen) atoms. The first-order valence-corrected chi connectivity index (χ1v) is 10.6. The third-order valence-electron chi connectivity index (χ3n) is 6.10. The summed E-state index contributed by atoms with van der Waals surface area (Å²) in [7, 11) is 2.99. The number of carbonyl (C=O) groups is 1. The molecule has 0 spiro atoms. The van der Waals surface area contributed by atoms with Crippen LogP contribution in [0.25, 0.3) is 16.8 Å². The zero-order valence-corrected chi connectivity index (χ0v) is 18.4. The van der Waals surface area contributed by atoms with Gasteiger partial charge in [-0.25, -0.2) is 4.79 Å². The average Bonchev–Trinajstić information content (AvgIpc) is 2.89. The number of esters is 1. The number of rotatable bonds is 4. The smallest absolute Gasteiger partial charge is 0.340 e. The van der Waals surface area contributed by atoms with Gasteiger partial charge in [0.1, 0.15) is 11.5 Å². The minimum absolute atomic E-state index is 0.304. The molecule has 5 nitrogen and oxygen atoms in total. The number of carbonyl (C=O) groups excluding carboxylic acids is 1. The maximum atomic E-state index is 12.7. The highest BCUT2D eigenvalue weighted by Crippen LogP contribution is 2.48. The van der Waals surface area contributed by atoms with Crippen molar-refractivity contribution in [2.24, 2.45) is 0 Å². The third kappa shape index (κ3) is 3.21. The molecular weight excluding hydrogens is 414 g/mol. The fraction of sp³-hybridized carbons (Fsp3) is 0.107. The van der Waals surface area contributed by atoms with Crippen LogP contribution in [0.3, 0.4) is 0 Å². The molecule has 4 aromatic rings. The van der Waals surface area contributed by atoms with Gasteiger partial charge in [-0.1, -0.05) is 66.7 Å². The number of hydrogen-bond donors (Lipinski definition) is 1. The van der Waals surface area contributed by atoms with Crippen LogP contribution in [0, 0.1) is 0 Å². The summed E-state index contributed by atoms with van der Waals surface area (Å²) >= 11 is 0. The maximum absolute atomic E-state index is 12.7. The van der Waals surface area contributed by atoms with Crippen LogP contribution in [0.5, 0.6) is 11.5 Å². The number of fused-ring (bicyclic) bond motifs is 3. The quantitative estimate of drug-likeness (QED) is 0.334. The van der Waals surface area contributed by atoms with Crippen LogP contribution in [-0.4, -0.2) is 20.2 Å². The maximum Gasteiger partial charge on any atom is 0.340 e. The molecule has 1 aliphatic heterocycles. The summed E-state index contributed by atoms with van der Waals surface area (Å²) in [4.78, 5) is 12.7. The number of nitrogen functional groups attached to an aromatic ring is 1. The zero-order valence-electron chi connectivity index (χ0n) is 18.4. The van der Waals surface area contributed by atoms with E-state index in [1.54, 1.807) is 7.11 Å². The Morgan fingerprint density at radius 1 is 0.848 bits per heavy atom. The van der Waals surface area contributed by atoms with Crippen LogP contribution in [0.1, 0.15) is 27.0 Å².